The number of amides is 1. The first-order chi connectivity index (χ1) is 10.1. The fourth-order valence-electron chi connectivity index (χ4n) is 2.76. The zero-order valence-corrected chi connectivity index (χ0v) is 11.9. The molecule has 0 spiro atoms. The molecule has 1 N–H and O–H groups in total. The zero-order chi connectivity index (χ0) is 14.8. The van der Waals surface area contributed by atoms with Crippen LogP contribution in [0.25, 0.3) is 0 Å². The van der Waals surface area contributed by atoms with Gasteiger partial charge < -0.3 is 4.90 Å². The molecule has 2 heterocycles. The molecule has 1 atom stereocenters. The van der Waals surface area contributed by atoms with Crippen LogP contribution in [0, 0.1) is 6.92 Å². The lowest BCUT2D eigenvalue weighted by atomic mass is 10.0. The molecule has 2 aromatic rings. The summed E-state index contributed by atoms with van der Waals surface area (Å²) in [5.41, 5.74) is 2.34. The van der Waals surface area contributed by atoms with Gasteiger partial charge in [0, 0.05) is 12.6 Å². The zero-order valence-electron chi connectivity index (χ0n) is 11.9. The summed E-state index contributed by atoms with van der Waals surface area (Å²) in [7, 11) is 0. The maximum Gasteiger partial charge on any atom is 0.274 e. The molecule has 1 aromatic heterocycles. The number of likely N-dealkylation sites (tertiary alicyclic amines) is 1. The number of carbonyl (C=O) groups excluding carboxylic acids is 1. The van der Waals surface area contributed by atoms with Crippen molar-refractivity contribution in [2.24, 2.45) is 0 Å². The topological polar surface area (TPSA) is 66.1 Å². The molecule has 5 nitrogen and oxygen atoms in total. The Bertz CT molecular complexity index is 686. The third kappa shape index (κ3) is 2.72. The molecule has 0 unspecified atom stereocenters. The highest BCUT2D eigenvalue weighted by Gasteiger charge is 2.31. The first-order valence-corrected chi connectivity index (χ1v) is 7.08. The van der Waals surface area contributed by atoms with Gasteiger partial charge in [0.1, 0.15) is 5.69 Å². The van der Waals surface area contributed by atoms with Crippen molar-refractivity contribution in [3.63, 3.8) is 0 Å². The van der Waals surface area contributed by atoms with E-state index in [1.165, 1.54) is 17.7 Å². The molecule has 3 rings (SSSR count). The van der Waals surface area contributed by atoms with Crippen LogP contribution in [0.2, 0.25) is 0 Å². The Morgan fingerprint density at radius 2 is 2.00 bits per heavy atom. The summed E-state index contributed by atoms with van der Waals surface area (Å²) in [6.45, 7) is 2.77. The molecule has 0 radical (unpaired) electrons. The van der Waals surface area contributed by atoms with E-state index in [4.69, 9.17) is 0 Å². The number of carbonyl (C=O) groups is 1. The number of aromatic amines is 1. The third-order valence-corrected chi connectivity index (χ3v) is 3.87. The van der Waals surface area contributed by atoms with Gasteiger partial charge in [-0.25, -0.2) is 5.10 Å². The van der Waals surface area contributed by atoms with Crippen LogP contribution in [0.15, 0.2) is 41.2 Å². The molecule has 0 saturated carbocycles. The minimum absolute atomic E-state index is 0.0897. The summed E-state index contributed by atoms with van der Waals surface area (Å²) in [6.07, 6.45) is 1.94. The van der Waals surface area contributed by atoms with Gasteiger partial charge in [-0.1, -0.05) is 29.8 Å². The van der Waals surface area contributed by atoms with Gasteiger partial charge in [-0.2, -0.15) is 5.10 Å². The van der Waals surface area contributed by atoms with Crippen LogP contribution in [-0.4, -0.2) is 27.5 Å². The van der Waals surface area contributed by atoms with Crippen LogP contribution in [0.4, 0.5) is 0 Å². The maximum atomic E-state index is 12.6. The molecule has 21 heavy (non-hydrogen) atoms. The molecular formula is C16H17N3O2. The molecule has 1 aliphatic rings. The van der Waals surface area contributed by atoms with Gasteiger partial charge in [0.05, 0.1) is 6.04 Å². The van der Waals surface area contributed by atoms with Crippen molar-refractivity contribution in [2.75, 3.05) is 6.54 Å². The first kappa shape index (κ1) is 13.5. The van der Waals surface area contributed by atoms with Crippen LogP contribution >= 0.6 is 0 Å². The molecule has 1 fully saturated rings. The largest absolute Gasteiger partial charge is 0.330 e. The Balaban J connectivity index is 1.86. The molecular weight excluding hydrogens is 266 g/mol. The van der Waals surface area contributed by atoms with Gasteiger partial charge in [-0.3, -0.25) is 9.59 Å². The Hall–Kier alpha value is -2.43. The minimum atomic E-state index is -0.303. The van der Waals surface area contributed by atoms with E-state index in [1.54, 1.807) is 0 Å². The van der Waals surface area contributed by atoms with Gasteiger partial charge in [0.15, 0.2) is 0 Å². The number of aryl methyl sites for hydroxylation is 1. The normalized spacial score (nSPS) is 18.0. The minimum Gasteiger partial charge on any atom is -0.330 e. The third-order valence-electron chi connectivity index (χ3n) is 3.87. The van der Waals surface area contributed by atoms with E-state index in [1.807, 2.05) is 11.8 Å². The summed E-state index contributed by atoms with van der Waals surface area (Å²) in [5.74, 6) is -0.130. The quantitative estimate of drug-likeness (QED) is 0.917. The predicted molar refractivity (Wildman–Crippen MR) is 79.0 cm³/mol. The second-order valence-electron chi connectivity index (χ2n) is 5.37. The number of rotatable bonds is 2. The van der Waals surface area contributed by atoms with Gasteiger partial charge in [-0.05, 0) is 31.4 Å². The highest BCUT2D eigenvalue weighted by Crippen LogP contribution is 2.32. The highest BCUT2D eigenvalue weighted by atomic mass is 16.2. The van der Waals surface area contributed by atoms with E-state index < -0.39 is 0 Å². The van der Waals surface area contributed by atoms with E-state index in [0.717, 1.165) is 24.9 Å². The second-order valence-corrected chi connectivity index (χ2v) is 5.37. The molecule has 5 heteroatoms. The van der Waals surface area contributed by atoms with E-state index >= 15 is 0 Å². The van der Waals surface area contributed by atoms with E-state index in [9.17, 15) is 9.59 Å². The standard InChI is InChI=1S/C16H17N3O2/c1-11-4-6-12(7-5-11)14-3-2-10-19(14)16(21)13-8-9-15(20)18-17-13/h4-9,14H,2-3,10H2,1H3,(H,18,20)/t14-/m1/s1. The summed E-state index contributed by atoms with van der Waals surface area (Å²) in [5, 5.41) is 6.15. The van der Waals surface area contributed by atoms with Crippen LogP contribution in [0.5, 0.6) is 0 Å². The number of hydrogen-bond donors (Lipinski definition) is 1. The average Bonchev–Trinajstić information content (AvgIpc) is 2.97. The van der Waals surface area contributed by atoms with Gasteiger partial charge in [-0.15, -0.1) is 0 Å². The number of H-pyrrole nitrogens is 1. The SMILES string of the molecule is Cc1ccc([C@H]2CCCN2C(=O)c2ccc(=O)[nH]n2)cc1. The van der Waals surface area contributed by atoms with Crippen LogP contribution in [-0.2, 0) is 0 Å². The summed E-state index contributed by atoms with van der Waals surface area (Å²) >= 11 is 0. The maximum absolute atomic E-state index is 12.6. The Morgan fingerprint density at radius 1 is 1.24 bits per heavy atom. The Labute approximate surface area is 122 Å². The molecule has 1 aromatic carbocycles. The smallest absolute Gasteiger partial charge is 0.274 e. The fraction of sp³-hybridized carbons (Fsp3) is 0.312. The fourth-order valence-corrected chi connectivity index (χ4v) is 2.76. The molecule has 1 saturated heterocycles. The van der Waals surface area contributed by atoms with Crippen molar-refractivity contribution >= 4 is 5.91 Å². The Kier molecular flexibility index (Phi) is 3.56. The van der Waals surface area contributed by atoms with Crippen molar-refractivity contribution in [3.05, 3.63) is 63.6 Å². The van der Waals surface area contributed by atoms with E-state index in [-0.39, 0.29) is 23.2 Å². The lowest BCUT2D eigenvalue weighted by Gasteiger charge is -2.24. The highest BCUT2D eigenvalue weighted by molar-refractivity contribution is 5.92. The van der Waals surface area contributed by atoms with Crippen LogP contribution in [0.3, 0.4) is 0 Å². The van der Waals surface area contributed by atoms with Gasteiger partial charge in [0.25, 0.3) is 11.5 Å². The number of benzene rings is 1. The first-order valence-electron chi connectivity index (χ1n) is 7.08. The number of hydrogen-bond acceptors (Lipinski definition) is 3. The van der Waals surface area contributed by atoms with Crippen molar-refractivity contribution < 1.29 is 4.79 Å². The molecule has 1 aliphatic heterocycles. The van der Waals surface area contributed by atoms with E-state index in [2.05, 4.69) is 34.5 Å². The molecule has 1 amide bonds. The van der Waals surface area contributed by atoms with Crippen LogP contribution in [0.1, 0.15) is 40.5 Å². The summed E-state index contributed by atoms with van der Waals surface area (Å²) < 4.78 is 0. The molecule has 0 aliphatic carbocycles. The van der Waals surface area contributed by atoms with E-state index in [0.29, 0.717) is 0 Å². The number of nitrogens with one attached hydrogen (secondary N) is 1. The summed E-state index contributed by atoms with van der Waals surface area (Å²) in [4.78, 5) is 25.4. The van der Waals surface area contributed by atoms with Crippen molar-refractivity contribution in [1.82, 2.24) is 15.1 Å². The number of nitrogens with zero attached hydrogens (tertiary/aromatic N) is 2. The predicted octanol–water partition coefficient (Wildman–Crippen LogP) is 2.06. The average molecular weight is 283 g/mol. The van der Waals surface area contributed by atoms with Gasteiger partial charge in [0.2, 0.25) is 0 Å². The monoisotopic (exact) mass is 283 g/mol. The second kappa shape index (κ2) is 5.52. The lowest BCUT2D eigenvalue weighted by Crippen LogP contribution is -2.31. The van der Waals surface area contributed by atoms with Crippen LogP contribution < -0.4 is 5.56 Å². The van der Waals surface area contributed by atoms with Gasteiger partial charge >= 0.3 is 0 Å². The summed E-state index contributed by atoms with van der Waals surface area (Å²) in [6, 6.07) is 11.2. The lowest BCUT2D eigenvalue weighted by molar-refractivity contribution is 0.0728. The van der Waals surface area contributed by atoms with Crippen molar-refractivity contribution in [1.29, 1.82) is 0 Å². The molecule has 108 valence electrons. The number of aromatic nitrogens is 2. The van der Waals surface area contributed by atoms with Crippen molar-refractivity contribution in [2.45, 2.75) is 25.8 Å². The molecule has 0 bridgehead atoms. The Morgan fingerprint density at radius 3 is 2.67 bits per heavy atom. The van der Waals surface area contributed by atoms with Crippen molar-refractivity contribution in [3.8, 4) is 0 Å².